The third-order valence-electron chi connectivity index (χ3n) is 2.71. The van der Waals surface area contributed by atoms with Gasteiger partial charge in [-0.05, 0) is 26.2 Å². The monoisotopic (exact) mass is 233 g/mol. The molecule has 1 fully saturated rings. The Hall–Kier alpha value is 0.230. The van der Waals surface area contributed by atoms with Gasteiger partial charge in [0.25, 0.3) is 0 Å². The van der Waals surface area contributed by atoms with Crippen LogP contribution in [0.4, 0.5) is 0 Å². The van der Waals surface area contributed by atoms with Crippen LogP contribution in [0.25, 0.3) is 0 Å². The largest absolute Gasteiger partial charge is 0.394 e. The zero-order chi connectivity index (χ0) is 11.3. The number of thioether (sulfide) groups is 1. The molecule has 0 aliphatic carbocycles. The van der Waals surface area contributed by atoms with E-state index in [1.54, 1.807) is 0 Å². The lowest BCUT2D eigenvalue weighted by Gasteiger charge is -2.25. The van der Waals surface area contributed by atoms with Crippen molar-refractivity contribution in [1.29, 1.82) is 0 Å². The van der Waals surface area contributed by atoms with Crippen LogP contribution in [0.1, 0.15) is 33.1 Å². The highest BCUT2D eigenvalue weighted by molar-refractivity contribution is 7.99. The second-order valence-corrected chi connectivity index (χ2v) is 6.27. The van der Waals surface area contributed by atoms with Gasteiger partial charge in [0.05, 0.1) is 12.7 Å². The van der Waals surface area contributed by atoms with Crippen molar-refractivity contribution < 1.29 is 9.84 Å². The van der Waals surface area contributed by atoms with Crippen molar-refractivity contribution in [3.8, 4) is 0 Å². The van der Waals surface area contributed by atoms with Crippen molar-refractivity contribution in [2.24, 2.45) is 5.73 Å². The van der Waals surface area contributed by atoms with Crippen LogP contribution in [0.2, 0.25) is 0 Å². The molecule has 0 spiro atoms. The molecule has 1 saturated heterocycles. The van der Waals surface area contributed by atoms with Gasteiger partial charge < -0.3 is 15.6 Å². The van der Waals surface area contributed by atoms with Crippen molar-refractivity contribution in [2.45, 2.75) is 50.0 Å². The lowest BCUT2D eigenvalue weighted by atomic mass is 9.99. The van der Waals surface area contributed by atoms with Crippen LogP contribution in [-0.2, 0) is 4.74 Å². The maximum atomic E-state index is 9.06. The molecular formula is C11H23NO2S. The summed E-state index contributed by atoms with van der Waals surface area (Å²) < 4.78 is 5.56. The van der Waals surface area contributed by atoms with E-state index in [4.69, 9.17) is 15.6 Å². The minimum absolute atomic E-state index is 0.0534. The number of rotatable bonds is 6. The molecule has 0 amide bonds. The summed E-state index contributed by atoms with van der Waals surface area (Å²) in [6.07, 6.45) is 3.68. The van der Waals surface area contributed by atoms with E-state index in [0.29, 0.717) is 11.4 Å². The van der Waals surface area contributed by atoms with Crippen LogP contribution in [0, 0.1) is 0 Å². The average Bonchev–Trinajstić information content (AvgIpc) is 2.66. The maximum Gasteiger partial charge on any atom is 0.0666 e. The molecular weight excluding hydrogens is 210 g/mol. The molecule has 0 aromatic rings. The molecule has 90 valence electrons. The second kappa shape index (κ2) is 6.09. The highest BCUT2D eigenvalue weighted by atomic mass is 32.2. The third kappa shape index (κ3) is 5.20. The first-order valence-electron chi connectivity index (χ1n) is 5.66. The van der Waals surface area contributed by atoms with Gasteiger partial charge >= 0.3 is 0 Å². The first-order chi connectivity index (χ1) is 7.03. The van der Waals surface area contributed by atoms with Gasteiger partial charge in [0.1, 0.15) is 0 Å². The van der Waals surface area contributed by atoms with Crippen molar-refractivity contribution in [3.63, 3.8) is 0 Å². The Balaban J connectivity index is 2.15. The SMILES string of the molecule is CC(CC(C)(N)CO)SCC1CCCO1. The zero-order valence-corrected chi connectivity index (χ0v) is 10.6. The number of hydrogen-bond donors (Lipinski definition) is 2. The van der Waals surface area contributed by atoms with Crippen LogP contribution >= 0.6 is 11.8 Å². The summed E-state index contributed by atoms with van der Waals surface area (Å²) in [5, 5.41) is 9.55. The molecule has 3 atom stereocenters. The molecule has 3 N–H and O–H groups in total. The van der Waals surface area contributed by atoms with E-state index in [1.165, 1.54) is 12.8 Å². The van der Waals surface area contributed by atoms with E-state index >= 15 is 0 Å². The summed E-state index contributed by atoms with van der Waals surface area (Å²) in [6, 6.07) is 0. The fourth-order valence-corrected chi connectivity index (χ4v) is 3.13. The molecule has 1 heterocycles. The molecule has 1 aliphatic heterocycles. The first kappa shape index (κ1) is 13.3. The summed E-state index contributed by atoms with van der Waals surface area (Å²) in [6.45, 7) is 5.04. The number of aliphatic hydroxyl groups excluding tert-OH is 1. The summed E-state index contributed by atoms with van der Waals surface area (Å²) in [7, 11) is 0. The smallest absolute Gasteiger partial charge is 0.0666 e. The minimum atomic E-state index is -0.442. The van der Waals surface area contributed by atoms with Crippen molar-refractivity contribution >= 4 is 11.8 Å². The normalized spacial score (nSPS) is 27.6. The number of nitrogens with two attached hydrogens (primary N) is 1. The van der Waals surface area contributed by atoms with Crippen LogP contribution in [0.5, 0.6) is 0 Å². The molecule has 0 radical (unpaired) electrons. The lowest BCUT2D eigenvalue weighted by molar-refractivity contribution is 0.128. The lowest BCUT2D eigenvalue weighted by Crippen LogP contribution is -2.42. The Bertz CT molecular complexity index is 181. The third-order valence-corrected chi connectivity index (χ3v) is 4.01. The standard InChI is InChI=1S/C11H23NO2S/c1-9(6-11(2,12)8-13)15-7-10-4-3-5-14-10/h9-10,13H,3-8,12H2,1-2H3. The topological polar surface area (TPSA) is 55.5 Å². The molecule has 1 rings (SSSR count). The van der Waals surface area contributed by atoms with Crippen LogP contribution in [-0.4, -0.2) is 41.0 Å². The predicted molar refractivity (Wildman–Crippen MR) is 65.2 cm³/mol. The van der Waals surface area contributed by atoms with Crippen molar-refractivity contribution in [3.05, 3.63) is 0 Å². The van der Waals surface area contributed by atoms with E-state index < -0.39 is 5.54 Å². The Morgan fingerprint density at radius 2 is 2.40 bits per heavy atom. The van der Waals surface area contributed by atoms with E-state index in [2.05, 4.69) is 6.92 Å². The zero-order valence-electron chi connectivity index (χ0n) is 9.74. The Kier molecular flexibility index (Phi) is 5.39. The fourth-order valence-electron chi connectivity index (χ4n) is 1.83. The van der Waals surface area contributed by atoms with Crippen LogP contribution in [0.3, 0.4) is 0 Å². The fraction of sp³-hybridized carbons (Fsp3) is 1.00. The van der Waals surface area contributed by atoms with Gasteiger partial charge in [-0.2, -0.15) is 11.8 Å². The van der Waals surface area contributed by atoms with E-state index in [9.17, 15) is 0 Å². The molecule has 3 nitrogen and oxygen atoms in total. The molecule has 3 unspecified atom stereocenters. The van der Waals surface area contributed by atoms with Gasteiger partial charge in [-0.25, -0.2) is 0 Å². The number of ether oxygens (including phenoxy) is 1. The van der Waals surface area contributed by atoms with Crippen molar-refractivity contribution in [1.82, 2.24) is 0 Å². The van der Waals surface area contributed by atoms with E-state index in [0.717, 1.165) is 18.8 Å². The summed E-state index contributed by atoms with van der Waals surface area (Å²) in [5.41, 5.74) is 5.46. The number of aliphatic hydroxyl groups is 1. The average molecular weight is 233 g/mol. The van der Waals surface area contributed by atoms with Gasteiger partial charge in [0.2, 0.25) is 0 Å². The Labute approximate surface area is 96.8 Å². The van der Waals surface area contributed by atoms with Crippen LogP contribution in [0.15, 0.2) is 0 Å². The molecule has 4 heteroatoms. The second-order valence-electron chi connectivity index (χ2n) is 4.80. The van der Waals surface area contributed by atoms with Crippen LogP contribution < -0.4 is 5.73 Å². The van der Waals surface area contributed by atoms with E-state index in [-0.39, 0.29) is 6.61 Å². The number of hydrogen-bond acceptors (Lipinski definition) is 4. The molecule has 0 aromatic carbocycles. The van der Waals surface area contributed by atoms with E-state index in [1.807, 2.05) is 18.7 Å². The summed E-state index contributed by atoms with van der Waals surface area (Å²) in [5.74, 6) is 1.06. The van der Waals surface area contributed by atoms with Crippen molar-refractivity contribution in [2.75, 3.05) is 19.0 Å². The van der Waals surface area contributed by atoms with Gasteiger partial charge in [-0.1, -0.05) is 6.92 Å². The minimum Gasteiger partial charge on any atom is -0.394 e. The Morgan fingerprint density at radius 3 is 2.93 bits per heavy atom. The van der Waals surface area contributed by atoms with Gasteiger partial charge in [-0.3, -0.25) is 0 Å². The molecule has 1 aliphatic rings. The predicted octanol–water partition coefficient (Wildman–Crippen LogP) is 1.39. The highest BCUT2D eigenvalue weighted by Crippen LogP contribution is 2.24. The quantitative estimate of drug-likeness (QED) is 0.728. The molecule has 0 saturated carbocycles. The maximum absolute atomic E-state index is 9.06. The molecule has 0 aromatic heterocycles. The Morgan fingerprint density at radius 1 is 1.67 bits per heavy atom. The molecule has 0 bridgehead atoms. The van der Waals surface area contributed by atoms with Gasteiger partial charge in [0, 0.05) is 23.1 Å². The highest BCUT2D eigenvalue weighted by Gasteiger charge is 2.22. The molecule has 15 heavy (non-hydrogen) atoms. The van der Waals surface area contributed by atoms with Gasteiger partial charge in [-0.15, -0.1) is 0 Å². The first-order valence-corrected chi connectivity index (χ1v) is 6.71. The summed E-state index contributed by atoms with van der Waals surface area (Å²) >= 11 is 1.90. The van der Waals surface area contributed by atoms with Gasteiger partial charge in [0.15, 0.2) is 0 Å². The summed E-state index contributed by atoms with van der Waals surface area (Å²) in [4.78, 5) is 0.